The molecule has 0 bridgehead atoms. The van der Waals surface area contributed by atoms with Crippen LogP contribution in [0.2, 0.25) is 23.1 Å². The van der Waals surface area contributed by atoms with Crippen LogP contribution in [-0.4, -0.2) is 15.2 Å². The SMILES string of the molecule is CC(C)CO[Si](C)(C)Oc1cc(Cl)ccc1Cl. The Hall–Kier alpha value is -0.223. The minimum Gasteiger partial charge on any atom is -0.519 e. The molecule has 0 heterocycles. The molecule has 0 aliphatic rings. The van der Waals surface area contributed by atoms with Crippen LogP contribution in [0.4, 0.5) is 0 Å². The van der Waals surface area contributed by atoms with Gasteiger partial charge < -0.3 is 8.85 Å². The van der Waals surface area contributed by atoms with E-state index in [9.17, 15) is 0 Å². The van der Waals surface area contributed by atoms with E-state index in [1.165, 1.54) is 0 Å². The molecule has 0 atom stereocenters. The van der Waals surface area contributed by atoms with Crippen molar-refractivity contribution in [2.45, 2.75) is 26.9 Å². The molecule has 17 heavy (non-hydrogen) atoms. The summed E-state index contributed by atoms with van der Waals surface area (Å²) < 4.78 is 11.7. The summed E-state index contributed by atoms with van der Waals surface area (Å²) >= 11 is 12.0. The molecular formula is C12H18Cl2O2Si. The minimum absolute atomic E-state index is 0.486. The maximum Gasteiger partial charge on any atom is 0.392 e. The summed E-state index contributed by atoms with van der Waals surface area (Å²) in [5, 5.41) is 1.17. The largest absolute Gasteiger partial charge is 0.519 e. The van der Waals surface area contributed by atoms with Crippen LogP contribution in [-0.2, 0) is 4.43 Å². The molecule has 0 aliphatic heterocycles. The third-order valence-electron chi connectivity index (χ3n) is 2.01. The summed E-state index contributed by atoms with van der Waals surface area (Å²) in [6.07, 6.45) is 0. The van der Waals surface area contributed by atoms with Gasteiger partial charge in [-0.1, -0.05) is 37.0 Å². The summed E-state index contributed by atoms with van der Waals surface area (Å²) in [5.74, 6) is 1.08. The summed E-state index contributed by atoms with van der Waals surface area (Å²) in [5.41, 5.74) is 0. The Morgan fingerprint density at radius 2 is 1.88 bits per heavy atom. The first-order chi connectivity index (χ1) is 7.80. The third kappa shape index (κ3) is 5.30. The van der Waals surface area contributed by atoms with Crippen LogP contribution in [0.1, 0.15) is 13.8 Å². The molecule has 5 heteroatoms. The minimum atomic E-state index is -2.20. The van der Waals surface area contributed by atoms with Gasteiger partial charge in [0.2, 0.25) is 0 Å². The Balaban J connectivity index is 2.71. The fourth-order valence-corrected chi connectivity index (χ4v) is 3.09. The highest BCUT2D eigenvalue weighted by atomic mass is 35.5. The monoisotopic (exact) mass is 292 g/mol. The van der Waals surface area contributed by atoms with E-state index >= 15 is 0 Å². The molecule has 0 saturated heterocycles. The van der Waals surface area contributed by atoms with Crippen molar-refractivity contribution < 1.29 is 8.85 Å². The number of halogens is 2. The lowest BCUT2D eigenvalue weighted by molar-refractivity contribution is 0.216. The maximum atomic E-state index is 6.05. The average Bonchev–Trinajstić information content (AvgIpc) is 2.20. The van der Waals surface area contributed by atoms with E-state index in [1.54, 1.807) is 18.2 Å². The third-order valence-corrected chi connectivity index (χ3v) is 4.13. The molecule has 0 N–H and O–H groups in total. The Kier molecular flexibility index (Phi) is 5.32. The summed E-state index contributed by atoms with van der Waals surface area (Å²) in [6.45, 7) is 8.89. The summed E-state index contributed by atoms with van der Waals surface area (Å²) in [4.78, 5) is 0. The highest BCUT2D eigenvalue weighted by Gasteiger charge is 2.28. The zero-order chi connectivity index (χ0) is 13.1. The van der Waals surface area contributed by atoms with Crippen molar-refractivity contribution in [3.63, 3.8) is 0 Å². The second-order valence-electron chi connectivity index (χ2n) is 4.78. The molecule has 0 fully saturated rings. The van der Waals surface area contributed by atoms with Crippen molar-refractivity contribution in [3.05, 3.63) is 28.2 Å². The second kappa shape index (κ2) is 6.09. The number of hydrogen-bond donors (Lipinski definition) is 0. The zero-order valence-electron chi connectivity index (χ0n) is 10.6. The van der Waals surface area contributed by atoms with E-state index in [1.807, 2.05) is 13.1 Å². The van der Waals surface area contributed by atoms with Gasteiger partial charge in [0.15, 0.2) is 0 Å². The predicted octanol–water partition coefficient (Wildman–Crippen LogP) is 4.75. The van der Waals surface area contributed by atoms with Crippen LogP contribution in [0.25, 0.3) is 0 Å². The van der Waals surface area contributed by atoms with Crippen LogP contribution < -0.4 is 4.43 Å². The topological polar surface area (TPSA) is 18.5 Å². The smallest absolute Gasteiger partial charge is 0.392 e. The molecule has 0 radical (unpaired) electrons. The molecular weight excluding hydrogens is 275 g/mol. The molecule has 0 amide bonds. The van der Waals surface area contributed by atoms with Gasteiger partial charge in [-0.25, -0.2) is 0 Å². The van der Waals surface area contributed by atoms with E-state index in [0.717, 1.165) is 0 Å². The Bertz CT molecular complexity index is 381. The number of benzene rings is 1. The standard InChI is InChI=1S/C12H18Cl2O2Si/c1-9(2)8-15-17(3,4)16-12-7-10(13)5-6-11(12)14/h5-7,9H,8H2,1-4H3. The van der Waals surface area contributed by atoms with Crippen LogP contribution >= 0.6 is 23.2 Å². The van der Waals surface area contributed by atoms with E-state index in [2.05, 4.69) is 13.8 Å². The van der Waals surface area contributed by atoms with Crippen molar-refractivity contribution >= 4 is 31.8 Å². The van der Waals surface area contributed by atoms with Crippen molar-refractivity contribution in [2.24, 2.45) is 5.92 Å². The molecule has 1 aromatic rings. The maximum absolute atomic E-state index is 6.05. The Morgan fingerprint density at radius 1 is 1.24 bits per heavy atom. The highest BCUT2D eigenvalue weighted by Crippen LogP contribution is 2.30. The number of rotatable bonds is 5. The zero-order valence-corrected chi connectivity index (χ0v) is 13.1. The van der Waals surface area contributed by atoms with E-state index < -0.39 is 8.56 Å². The number of hydrogen-bond acceptors (Lipinski definition) is 2. The molecule has 96 valence electrons. The average molecular weight is 293 g/mol. The predicted molar refractivity (Wildman–Crippen MR) is 75.4 cm³/mol. The summed E-state index contributed by atoms with van der Waals surface area (Å²) in [7, 11) is -2.20. The van der Waals surface area contributed by atoms with Gasteiger partial charge in [0.05, 0.1) is 5.02 Å². The van der Waals surface area contributed by atoms with Gasteiger partial charge in [0.1, 0.15) is 5.75 Å². The van der Waals surface area contributed by atoms with Gasteiger partial charge in [-0.15, -0.1) is 0 Å². The lowest BCUT2D eigenvalue weighted by Crippen LogP contribution is -2.39. The van der Waals surface area contributed by atoms with Gasteiger partial charge in [-0.2, -0.15) is 0 Å². The first-order valence-electron chi connectivity index (χ1n) is 5.58. The van der Waals surface area contributed by atoms with Gasteiger partial charge >= 0.3 is 8.56 Å². The Morgan fingerprint density at radius 3 is 2.47 bits per heavy atom. The molecule has 0 unspecified atom stereocenters. The van der Waals surface area contributed by atoms with Gasteiger partial charge in [-0.05, 0) is 37.2 Å². The lowest BCUT2D eigenvalue weighted by atomic mass is 10.2. The van der Waals surface area contributed by atoms with E-state index in [4.69, 9.17) is 32.1 Å². The van der Waals surface area contributed by atoms with Gasteiger partial charge in [-0.3, -0.25) is 0 Å². The van der Waals surface area contributed by atoms with Crippen molar-refractivity contribution in [1.29, 1.82) is 0 Å². The normalized spacial score (nSPS) is 11.9. The molecule has 0 saturated carbocycles. The van der Waals surface area contributed by atoms with Crippen molar-refractivity contribution in [2.75, 3.05) is 6.61 Å². The summed E-state index contributed by atoms with van der Waals surface area (Å²) in [6, 6.07) is 5.18. The van der Waals surface area contributed by atoms with E-state index in [0.29, 0.717) is 28.3 Å². The van der Waals surface area contributed by atoms with Crippen LogP contribution in [0, 0.1) is 5.92 Å². The molecule has 1 rings (SSSR count). The molecule has 0 aromatic heterocycles. The highest BCUT2D eigenvalue weighted by molar-refractivity contribution is 6.65. The quantitative estimate of drug-likeness (QED) is 0.730. The van der Waals surface area contributed by atoms with Crippen LogP contribution in [0.15, 0.2) is 18.2 Å². The fourth-order valence-electron chi connectivity index (χ4n) is 1.22. The Labute approximate surface area is 114 Å². The van der Waals surface area contributed by atoms with Crippen molar-refractivity contribution in [1.82, 2.24) is 0 Å². The van der Waals surface area contributed by atoms with E-state index in [-0.39, 0.29) is 0 Å². The van der Waals surface area contributed by atoms with Gasteiger partial charge in [0, 0.05) is 11.6 Å². The van der Waals surface area contributed by atoms with Crippen molar-refractivity contribution in [3.8, 4) is 5.75 Å². The molecule has 0 spiro atoms. The van der Waals surface area contributed by atoms with Crippen LogP contribution in [0.3, 0.4) is 0 Å². The first-order valence-corrected chi connectivity index (χ1v) is 9.15. The molecule has 1 aromatic carbocycles. The fraction of sp³-hybridized carbons (Fsp3) is 0.500. The van der Waals surface area contributed by atoms with Crippen LogP contribution in [0.5, 0.6) is 5.75 Å². The molecule has 0 aliphatic carbocycles. The second-order valence-corrected chi connectivity index (χ2v) is 8.92. The molecule has 2 nitrogen and oxygen atoms in total. The first kappa shape index (κ1) is 14.8. The lowest BCUT2D eigenvalue weighted by Gasteiger charge is -2.25. The van der Waals surface area contributed by atoms with Gasteiger partial charge in [0.25, 0.3) is 0 Å².